The van der Waals surface area contributed by atoms with E-state index in [4.69, 9.17) is 15.1 Å². The number of aromatic nitrogens is 2. The molecular weight excluding hydrogens is 334 g/mol. The molecule has 0 aliphatic rings. The normalized spacial score (nSPS) is 11.0. The smallest absolute Gasteiger partial charge is 0.303 e. The molecule has 0 bridgehead atoms. The highest BCUT2D eigenvalue weighted by molar-refractivity contribution is 7.18. The van der Waals surface area contributed by atoms with Crippen LogP contribution >= 0.6 is 11.3 Å². The van der Waals surface area contributed by atoms with Crippen molar-refractivity contribution >= 4 is 33.3 Å². The highest BCUT2D eigenvalue weighted by atomic mass is 32.1. The molecule has 0 spiro atoms. The fraction of sp³-hybridized carbons (Fsp3) is 0.316. The Kier molecular flexibility index (Phi) is 5.28. The van der Waals surface area contributed by atoms with Crippen molar-refractivity contribution in [3.63, 3.8) is 0 Å². The summed E-state index contributed by atoms with van der Waals surface area (Å²) in [6.07, 6.45) is 1.40. The molecule has 25 heavy (non-hydrogen) atoms. The van der Waals surface area contributed by atoms with E-state index in [1.807, 2.05) is 18.2 Å². The topological polar surface area (TPSA) is 75.1 Å². The molecule has 5 nitrogen and oxygen atoms in total. The van der Waals surface area contributed by atoms with Crippen LogP contribution in [0.3, 0.4) is 0 Å². The molecule has 0 saturated carbocycles. The molecule has 0 radical (unpaired) electrons. The van der Waals surface area contributed by atoms with Gasteiger partial charge in [0.05, 0.1) is 5.39 Å². The molecule has 2 N–H and O–H groups in total. The van der Waals surface area contributed by atoms with Crippen LogP contribution in [-0.2, 0) is 11.2 Å². The molecule has 130 valence electrons. The van der Waals surface area contributed by atoms with Crippen LogP contribution in [0.1, 0.15) is 34.7 Å². The Morgan fingerprint density at radius 1 is 1.20 bits per heavy atom. The van der Waals surface area contributed by atoms with Gasteiger partial charge in [0.15, 0.2) is 0 Å². The van der Waals surface area contributed by atoms with Gasteiger partial charge in [-0.25, -0.2) is 9.97 Å². The summed E-state index contributed by atoms with van der Waals surface area (Å²) in [5.41, 5.74) is 2.36. The number of carboxylic acid groups (broad SMARTS) is 1. The molecular formula is C19H21N3O2S. The quantitative estimate of drug-likeness (QED) is 0.622. The van der Waals surface area contributed by atoms with Gasteiger partial charge in [0, 0.05) is 24.3 Å². The lowest BCUT2D eigenvalue weighted by Crippen LogP contribution is -2.08. The third-order valence-corrected chi connectivity index (χ3v) is 5.24. The van der Waals surface area contributed by atoms with E-state index in [2.05, 4.69) is 31.3 Å². The van der Waals surface area contributed by atoms with Gasteiger partial charge in [-0.3, -0.25) is 4.79 Å². The first kappa shape index (κ1) is 17.4. The molecule has 0 amide bonds. The van der Waals surface area contributed by atoms with Crippen LogP contribution in [0.15, 0.2) is 30.3 Å². The number of hydrogen-bond acceptors (Lipinski definition) is 5. The average Bonchev–Trinajstić information content (AvgIpc) is 2.87. The molecule has 1 aromatic carbocycles. The van der Waals surface area contributed by atoms with Crippen LogP contribution in [-0.4, -0.2) is 27.6 Å². The van der Waals surface area contributed by atoms with E-state index >= 15 is 0 Å². The Bertz CT molecular complexity index is 891. The Morgan fingerprint density at radius 2 is 1.96 bits per heavy atom. The lowest BCUT2D eigenvalue weighted by molar-refractivity contribution is -0.137. The number of hydrogen-bond donors (Lipinski definition) is 2. The summed E-state index contributed by atoms with van der Waals surface area (Å²) in [6.45, 7) is 4.75. The van der Waals surface area contributed by atoms with Crippen molar-refractivity contribution in [2.45, 2.75) is 33.1 Å². The second-order valence-electron chi connectivity index (χ2n) is 6.04. The molecule has 2 aromatic heterocycles. The van der Waals surface area contributed by atoms with Gasteiger partial charge in [0.25, 0.3) is 0 Å². The number of carboxylic acids is 1. The number of nitrogens with one attached hydrogen (secondary N) is 1. The maximum absolute atomic E-state index is 10.7. The fourth-order valence-electron chi connectivity index (χ4n) is 2.73. The van der Waals surface area contributed by atoms with Gasteiger partial charge < -0.3 is 10.4 Å². The number of aryl methyl sites for hydroxylation is 2. The van der Waals surface area contributed by atoms with Gasteiger partial charge in [0.2, 0.25) is 0 Å². The maximum atomic E-state index is 10.7. The summed E-state index contributed by atoms with van der Waals surface area (Å²) >= 11 is 1.68. The fourth-order valence-corrected chi connectivity index (χ4v) is 3.77. The summed E-state index contributed by atoms with van der Waals surface area (Å²) in [4.78, 5) is 22.4. The van der Waals surface area contributed by atoms with Crippen molar-refractivity contribution in [2.24, 2.45) is 0 Å². The minimum atomic E-state index is -0.776. The SMILES string of the molecule is Cc1sc2nc(Cc3ccccc3)nc(NCCCC(=O)O)c2c1C. The van der Waals surface area contributed by atoms with Gasteiger partial charge in [-0.15, -0.1) is 11.3 Å². The van der Waals surface area contributed by atoms with Crippen molar-refractivity contribution in [1.29, 1.82) is 0 Å². The summed E-state index contributed by atoms with van der Waals surface area (Å²) < 4.78 is 0. The molecule has 3 rings (SSSR count). The first-order chi connectivity index (χ1) is 12.0. The first-order valence-corrected chi connectivity index (χ1v) is 9.12. The highest BCUT2D eigenvalue weighted by Gasteiger charge is 2.14. The molecule has 0 aliphatic heterocycles. The number of aliphatic carboxylic acids is 1. The Balaban J connectivity index is 1.90. The number of rotatable bonds is 7. The Labute approximate surface area is 150 Å². The lowest BCUT2D eigenvalue weighted by atomic mass is 10.1. The lowest BCUT2D eigenvalue weighted by Gasteiger charge is -2.09. The van der Waals surface area contributed by atoms with Crippen molar-refractivity contribution in [2.75, 3.05) is 11.9 Å². The molecule has 0 atom stereocenters. The number of nitrogens with zero attached hydrogens (tertiary/aromatic N) is 2. The van der Waals surface area contributed by atoms with Crippen LogP contribution in [0.25, 0.3) is 10.2 Å². The molecule has 0 unspecified atom stereocenters. The van der Waals surface area contributed by atoms with Gasteiger partial charge in [-0.05, 0) is 31.4 Å². The van der Waals surface area contributed by atoms with Crippen LogP contribution in [0.4, 0.5) is 5.82 Å². The predicted molar refractivity (Wildman–Crippen MR) is 101 cm³/mol. The largest absolute Gasteiger partial charge is 0.481 e. The van der Waals surface area contributed by atoms with E-state index in [0.29, 0.717) is 19.4 Å². The van der Waals surface area contributed by atoms with E-state index in [1.54, 1.807) is 11.3 Å². The molecule has 6 heteroatoms. The monoisotopic (exact) mass is 355 g/mol. The zero-order valence-electron chi connectivity index (χ0n) is 14.4. The van der Waals surface area contributed by atoms with Crippen LogP contribution in [0, 0.1) is 13.8 Å². The first-order valence-electron chi connectivity index (χ1n) is 8.31. The molecule has 2 heterocycles. The minimum absolute atomic E-state index is 0.153. The van der Waals surface area contributed by atoms with Gasteiger partial charge in [-0.1, -0.05) is 30.3 Å². The number of fused-ring (bicyclic) bond motifs is 1. The van der Waals surface area contributed by atoms with E-state index in [9.17, 15) is 4.79 Å². The average molecular weight is 355 g/mol. The van der Waals surface area contributed by atoms with Crippen molar-refractivity contribution in [3.8, 4) is 0 Å². The number of benzene rings is 1. The van der Waals surface area contributed by atoms with E-state index in [1.165, 1.54) is 16.0 Å². The minimum Gasteiger partial charge on any atom is -0.481 e. The van der Waals surface area contributed by atoms with Crippen LogP contribution in [0.5, 0.6) is 0 Å². The molecule has 0 saturated heterocycles. The molecule has 0 aliphatic carbocycles. The summed E-state index contributed by atoms with van der Waals surface area (Å²) in [5, 5.41) is 13.2. The molecule has 0 fully saturated rings. The predicted octanol–water partition coefficient (Wildman–Crippen LogP) is 4.18. The van der Waals surface area contributed by atoms with Gasteiger partial charge in [0.1, 0.15) is 16.5 Å². The van der Waals surface area contributed by atoms with E-state index < -0.39 is 5.97 Å². The van der Waals surface area contributed by atoms with E-state index in [0.717, 1.165) is 21.9 Å². The zero-order valence-corrected chi connectivity index (χ0v) is 15.2. The second kappa shape index (κ2) is 7.61. The Morgan fingerprint density at radius 3 is 2.68 bits per heavy atom. The third kappa shape index (κ3) is 4.14. The van der Waals surface area contributed by atoms with Crippen molar-refractivity contribution < 1.29 is 9.90 Å². The van der Waals surface area contributed by atoms with Crippen LogP contribution in [0.2, 0.25) is 0 Å². The van der Waals surface area contributed by atoms with E-state index in [-0.39, 0.29) is 6.42 Å². The zero-order chi connectivity index (χ0) is 17.8. The summed E-state index contributed by atoms with van der Waals surface area (Å²) in [7, 11) is 0. The highest BCUT2D eigenvalue weighted by Crippen LogP contribution is 2.33. The molecule has 3 aromatic rings. The summed E-state index contributed by atoms with van der Waals surface area (Å²) in [5.74, 6) is 0.811. The number of thiophene rings is 1. The Hall–Kier alpha value is -2.47. The number of anilines is 1. The maximum Gasteiger partial charge on any atom is 0.303 e. The standard InChI is InChI=1S/C19H21N3O2S/c1-12-13(2)25-19-17(12)18(20-10-6-9-16(23)24)21-15(22-19)11-14-7-4-3-5-8-14/h3-5,7-8H,6,9-11H2,1-2H3,(H,23,24)(H,20,21,22). The third-order valence-electron chi connectivity index (χ3n) is 4.14. The summed E-state index contributed by atoms with van der Waals surface area (Å²) in [6, 6.07) is 10.2. The van der Waals surface area contributed by atoms with Crippen molar-refractivity contribution in [3.05, 3.63) is 52.2 Å². The second-order valence-corrected chi connectivity index (χ2v) is 7.24. The van der Waals surface area contributed by atoms with Gasteiger partial charge >= 0.3 is 5.97 Å². The van der Waals surface area contributed by atoms with Gasteiger partial charge in [-0.2, -0.15) is 0 Å². The van der Waals surface area contributed by atoms with Crippen molar-refractivity contribution in [1.82, 2.24) is 9.97 Å². The van der Waals surface area contributed by atoms with Crippen LogP contribution < -0.4 is 5.32 Å². The number of carbonyl (C=O) groups is 1.